The lowest BCUT2D eigenvalue weighted by Gasteiger charge is -2.38. The van der Waals surface area contributed by atoms with Crippen molar-refractivity contribution in [3.05, 3.63) is 37.1 Å². The van der Waals surface area contributed by atoms with Gasteiger partial charge in [-0.15, -0.1) is 13.2 Å². The van der Waals surface area contributed by atoms with Gasteiger partial charge in [0.25, 0.3) is 5.91 Å². The molecule has 1 fully saturated rings. The summed E-state index contributed by atoms with van der Waals surface area (Å²) in [4.78, 5) is 16.2. The number of amides is 1. The summed E-state index contributed by atoms with van der Waals surface area (Å²) in [6.07, 6.45) is 8.43. The van der Waals surface area contributed by atoms with E-state index in [4.69, 9.17) is 0 Å². The van der Waals surface area contributed by atoms with E-state index in [0.29, 0.717) is 25.2 Å². The van der Waals surface area contributed by atoms with Crippen molar-refractivity contribution < 1.29 is 4.79 Å². The number of hydrogen-bond donors (Lipinski definition) is 0. The topological polar surface area (TPSA) is 47.3 Å². The zero-order valence-corrected chi connectivity index (χ0v) is 13.1. The van der Waals surface area contributed by atoms with Crippen molar-refractivity contribution in [3.63, 3.8) is 0 Å². The molecule has 1 aliphatic heterocycles. The average Bonchev–Trinajstić information content (AvgIpc) is 2.46. The highest BCUT2D eigenvalue weighted by molar-refractivity contribution is 5.97. The third-order valence-electron chi connectivity index (χ3n) is 3.88. The summed E-state index contributed by atoms with van der Waals surface area (Å²) in [7, 11) is 0. The van der Waals surface area contributed by atoms with E-state index in [1.807, 2.05) is 6.07 Å². The molecule has 0 aliphatic carbocycles. The number of carbonyl (C=O) groups is 1. The van der Waals surface area contributed by atoms with E-state index in [1.165, 1.54) is 6.42 Å². The molecule has 4 heteroatoms. The first-order chi connectivity index (χ1) is 10.0. The lowest BCUT2D eigenvalue weighted by atomic mass is 9.98. The molecular weight excluding hydrogens is 262 g/mol. The summed E-state index contributed by atoms with van der Waals surface area (Å²) >= 11 is 0. The van der Waals surface area contributed by atoms with E-state index in [1.54, 1.807) is 23.3 Å². The number of nitriles is 1. The van der Waals surface area contributed by atoms with Gasteiger partial charge in [0.15, 0.2) is 0 Å². The number of hydrogen-bond acceptors (Lipinski definition) is 3. The van der Waals surface area contributed by atoms with Crippen molar-refractivity contribution in [2.24, 2.45) is 0 Å². The molecule has 1 amide bonds. The number of rotatable bonds is 6. The van der Waals surface area contributed by atoms with Gasteiger partial charge in [-0.1, -0.05) is 12.2 Å². The molecule has 0 radical (unpaired) electrons. The molecule has 0 aromatic rings. The smallest absolute Gasteiger partial charge is 0.266 e. The second-order valence-corrected chi connectivity index (χ2v) is 5.52. The van der Waals surface area contributed by atoms with E-state index in [-0.39, 0.29) is 11.5 Å². The Hall–Kier alpha value is -2.02. The van der Waals surface area contributed by atoms with Crippen molar-refractivity contribution in [1.29, 1.82) is 5.26 Å². The molecule has 1 heterocycles. The standard InChI is InChI=1S/C17H25N3O/c1-5-10-19(11-6-2)17(21)16(12-18)13-20-14(3)8-7-9-15(20)4/h5-6,13-15H,1-2,7-11H2,3-4H3/b16-13-. The zero-order valence-electron chi connectivity index (χ0n) is 13.1. The molecule has 1 rings (SSSR count). The van der Waals surface area contributed by atoms with Crippen LogP contribution in [0.25, 0.3) is 0 Å². The molecule has 0 N–H and O–H groups in total. The van der Waals surface area contributed by atoms with Crippen LogP contribution < -0.4 is 0 Å². The molecule has 4 nitrogen and oxygen atoms in total. The first-order valence-corrected chi connectivity index (χ1v) is 7.45. The Labute approximate surface area is 128 Å². The van der Waals surface area contributed by atoms with Gasteiger partial charge >= 0.3 is 0 Å². The highest BCUT2D eigenvalue weighted by atomic mass is 16.2. The molecule has 2 unspecified atom stereocenters. The Kier molecular flexibility index (Phi) is 6.74. The van der Waals surface area contributed by atoms with Crippen molar-refractivity contribution in [3.8, 4) is 6.07 Å². The summed E-state index contributed by atoms with van der Waals surface area (Å²) in [6.45, 7) is 12.4. The summed E-state index contributed by atoms with van der Waals surface area (Å²) in [5, 5.41) is 9.34. The van der Waals surface area contributed by atoms with Crippen LogP contribution in [0.5, 0.6) is 0 Å². The predicted molar refractivity (Wildman–Crippen MR) is 85.3 cm³/mol. The molecule has 1 saturated heterocycles. The van der Waals surface area contributed by atoms with Gasteiger partial charge in [-0.05, 0) is 33.1 Å². The third-order valence-corrected chi connectivity index (χ3v) is 3.88. The van der Waals surface area contributed by atoms with Gasteiger partial charge in [0.05, 0.1) is 0 Å². The van der Waals surface area contributed by atoms with Crippen LogP contribution >= 0.6 is 0 Å². The van der Waals surface area contributed by atoms with Crippen LogP contribution in [0, 0.1) is 11.3 Å². The Morgan fingerprint density at radius 2 is 1.81 bits per heavy atom. The van der Waals surface area contributed by atoms with Crippen molar-refractivity contribution in [1.82, 2.24) is 9.80 Å². The molecule has 0 aromatic carbocycles. The van der Waals surface area contributed by atoms with Crippen LogP contribution in [0.4, 0.5) is 0 Å². The quantitative estimate of drug-likeness (QED) is 0.429. The first kappa shape index (κ1) is 17.0. The maximum Gasteiger partial charge on any atom is 0.266 e. The normalized spacial score (nSPS) is 22.3. The SMILES string of the molecule is C=CCN(CC=C)C(=O)/C(C#N)=C\N1C(C)CCCC1C. The van der Waals surface area contributed by atoms with Crippen LogP contribution in [-0.4, -0.2) is 40.9 Å². The monoisotopic (exact) mass is 287 g/mol. The van der Waals surface area contributed by atoms with E-state index >= 15 is 0 Å². The molecule has 21 heavy (non-hydrogen) atoms. The van der Waals surface area contributed by atoms with Gasteiger partial charge < -0.3 is 9.80 Å². The van der Waals surface area contributed by atoms with Crippen LogP contribution in [0.15, 0.2) is 37.1 Å². The van der Waals surface area contributed by atoms with Crippen LogP contribution in [-0.2, 0) is 4.79 Å². The molecule has 0 spiro atoms. The number of piperidine rings is 1. The third kappa shape index (κ3) is 4.49. The fraction of sp³-hybridized carbons (Fsp3) is 0.529. The average molecular weight is 287 g/mol. The molecule has 1 aliphatic rings. The molecule has 2 atom stereocenters. The van der Waals surface area contributed by atoms with E-state index in [9.17, 15) is 10.1 Å². The Morgan fingerprint density at radius 3 is 2.24 bits per heavy atom. The fourth-order valence-electron chi connectivity index (χ4n) is 2.70. The van der Waals surface area contributed by atoms with Crippen molar-refractivity contribution in [2.45, 2.75) is 45.2 Å². The highest BCUT2D eigenvalue weighted by Crippen LogP contribution is 2.23. The predicted octanol–water partition coefficient (Wildman–Crippen LogP) is 2.86. The summed E-state index contributed by atoms with van der Waals surface area (Å²) in [6, 6.07) is 2.76. The maximum atomic E-state index is 12.5. The van der Waals surface area contributed by atoms with Gasteiger partial charge in [-0.2, -0.15) is 5.26 Å². The molecular formula is C17H25N3O. The number of likely N-dealkylation sites (tertiary alicyclic amines) is 1. The van der Waals surface area contributed by atoms with Gasteiger partial charge in [-0.25, -0.2) is 0 Å². The van der Waals surface area contributed by atoms with Crippen LogP contribution in [0.2, 0.25) is 0 Å². The minimum absolute atomic E-state index is 0.180. The van der Waals surface area contributed by atoms with Gasteiger partial charge in [0.2, 0.25) is 0 Å². The summed E-state index contributed by atoms with van der Waals surface area (Å²) in [5.74, 6) is -0.262. The first-order valence-electron chi connectivity index (χ1n) is 7.45. The van der Waals surface area contributed by atoms with Gasteiger partial charge in [0, 0.05) is 31.4 Å². The fourth-order valence-corrected chi connectivity index (χ4v) is 2.70. The van der Waals surface area contributed by atoms with Crippen molar-refractivity contribution >= 4 is 5.91 Å². The second kappa shape index (κ2) is 8.31. The van der Waals surface area contributed by atoms with Crippen LogP contribution in [0.3, 0.4) is 0 Å². The Morgan fingerprint density at radius 1 is 1.29 bits per heavy atom. The molecule has 114 valence electrons. The largest absolute Gasteiger partial charge is 0.371 e. The minimum atomic E-state index is -0.262. The highest BCUT2D eigenvalue weighted by Gasteiger charge is 2.24. The van der Waals surface area contributed by atoms with E-state index in [0.717, 1.165) is 12.8 Å². The summed E-state index contributed by atoms with van der Waals surface area (Å²) < 4.78 is 0. The van der Waals surface area contributed by atoms with E-state index in [2.05, 4.69) is 31.9 Å². The lowest BCUT2D eigenvalue weighted by Crippen LogP contribution is -2.41. The van der Waals surface area contributed by atoms with Gasteiger partial charge in [-0.3, -0.25) is 4.79 Å². The Bertz CT molecular complexity index is 441. The maximum absolute atomic E-state index is 12.5. The van der Waals surface area contributed by atoms with Crippen molar-refractivity contribution in [2.75, 3.05) is 13.1 Å². The molecule has 0 saturated carbocycles. The zero-order chi connectivity index (χ0) is 15.8. The second-order valence-electron chi connectivity index (χ2n) is 5.52. The molecule has 0 aromatic heterocycles. The molecule has 0 bridgehead atoms. The lowest BCUT2D eigenvalue weighted by molar-refractivity contribution is -0.125. The number of carbonyl (C=O) groups excluding carboxylic acids is 1. The Balaban J connectivity index is 2.96. The summed E-state index contributed by atoms with van der Waals surface area (Å²) in [5.41, 5.74) is 0.180. The van der Waals surface area contributed by atoms with Crippen LogP contribution in [0.1, 0.15) is 33.1 Å². The van der Waals surface area contributed by atoms with Gasteiger partial charge in [0.1, 0.15) is 11.6 Å². The minimum Gasteiger partial charge on any atom is -0.371 e. The number of nitrogens with zero attached hydrogens (tertiary/aromatic N) is 3. The van der Waals surface area contributed by atoms with E-state index < -0.39 is 0 Å².